The molecule has 0 radical (unpaired) electrons. The Bertz CT molecular complexity index is 925. The lowest BCUT2D eigenvalue weighted by Gasteiger charge is -2.36. The average molecular weight is 392 g/mol. The lowest BCUT2D eigenvalue weighted by atomic mass is 9.75. The van der Waals surface area contributed by atoms with E-state index in [0.29, 0.717) is 18.4 Å². The van der Waals surface area contributed by atoms with Crippen molar-refractivity contribution in [3.05, 3.63) is 54.1 Å². The summed E-state index contributed by atoms with van der Waals surface area (Å²) in [5, 5.41) is 3.24. The van der Waals surface area contributed by atoms with Gasteiger partial charge in [0.1, 0.15) is 5.60 Å². The minimum Gasteiger partial charge on any atom is -0.451 e. The second-order valence-corrected chi connectivity index (χ2v) is 8.23. The van der Waals surface area contributed by atoms with Crippen LogP contribution in [0.3, 0.4) is 0 Å². The van der Waals surface area contributed by atoms with Crippen LogP contribution in [0.5, 0.6) is 0 Å². The summed E-state index contributed by atoms with van der Waals surface area (Å²) in [6, 6.07) is 6.03. The number of anilines is 1. The zero-order valence-corrected chi connectivity index (χ0v) is 16.2. The lowest BCUT2D eigenvalue weighted by Crippen LogP contribution is -2.43. The number of ether oxygens (including phenoxy) is 1. The maximum atomic E-state index is 12.9. The van der Waals surface area contributed by atoms with Crippen LogP contribution in [0.25, 0.3) is 0 Å². The molecule has 0 bridgehead atoms. The molecule has 7 heteroatoms. The molecule has 1 spiro atoms. The van der Waals surface area contributed by atoms with Crippen molar-refractivity contribution in [2.24, 2.45) is 5.92 Å². The molecule has 1 amide bonds. The van der Waals surface area contributed by atoms with Gasteiger partial charge in [-0.2, -0.15) is 0 Å². The summed E-state index contributed by atoms with van der Waals surface area (Å²) in [5.74, 6) is -0.202. The molecule has 2 fully saturated rings. The molecule has 150 valence electrons. The molecular formula is C22H24N4O3. The van der Waals surface area contributed by atoms with Crippen LogP contribution in [0.15, 0.2) is 43.0 Å². The summed E-state index contributed by atoms with van der Waals surface area (Å²) in [6.07, 6.45) is 10.7. The van der Waals surface area contributed by atoms with Crippen LogP contribution in [-0.2, 0) is 15.1 Å². The topological polar surface area (TPSA) is 84.4 Å². The summed E-state index contributed by atoms with van der Waals surface area (Å²) in [5.41, 5.74) is 2.02. The normalized spacial score (nSPS) is 28.3. The fraction of sp³-hybridized carbons (Fsp3) is 0.455. The Hall–Kier alpha value is -2.96. The van der Waals surface area contributed by atoms with E-state index in [1.165, 1.54) is 0 Å². The number of esters is 1. The van der Waals surface area contributed by atoms with Crippen LogP contribution >= 0.6 is 0 Å². The van der Waals surface area contributed by atoms with Crippen LogP contribution in [0.4, 0.5) is 5.69 Å². The molecule has 2 aromatic rings. The molecule has 1 aliphatic carbocycles. The van der Waals surface area contributed by atoms with Gasteiger partial charge in [0.15, 0.2) is 0 Å². The summed E-state index contributed by atoms with van der Waals surface area (Å²) in [7, 11) is 0. The molecular weight excluding hydrogens is 368 g/mol. The predicted molar refractivity (Wildman–Crippen MR) is 106 cm³/mol. The van der Waals surface area contributed by atoms with Gasteiger partial charge in [-0.1, -0.05) is 0 Å². The molecule has 0 unspecified atom stereocenters. The number of hydrogen-bond donors (Lipinski definition) is 1. The molecule has 5 rings (SSSR count). The van der Waals surface area contributed by atoms with Crippen molar-refractivity contribution in [1.29, 1.82) is 0 Å². The van der Waals surface area contributed by atoms with Crippen molar-refractivity contribution in [2.75, 3.05) is 18.0 Å². The first-order valence-corrected chi connectivity index (χ1v) is 10.3. The Morgan fingerprint density at radius 2 is 1.97 bits per heavy atom. The largest absolute Gasteiger partial charge is 0.451 e. The second kappa shape index (κ2) is 7.13. The van der Waals surface area contributed by atoms with E-state index < -0.39 is 5.60 Å². The van der Waals surface area contributed by atoms with Gasteiger partial charge in [-0.05, 0) is 50.3 Å². The van der Waals surface area contributed by atoms with E-state index in [4.69, 9.17) is 4.74 Å². The average Bonchev–Trinajstić information content (AvgIpc) is 3.33. The number of aromatic nitrogens is 2. The number of pyridine rings is 2. The standard InChI is InChI=1S/C22H24N4O3/c27-20(25-16-6-11-26(14-16)17-2-1-9-23-12-17)15-3-7-22(8-4-15)19-5-10-24-13-18(19)21(28)29-22/h1-2,5,9-10,12-13,15-16H,3-4,6-8,11,14H2,(H,25,27)/t15?,16-,22?/m0/s1. The van der Waals surface area contributed by atoms with Crippen LogP contribution in [0.1, 0.15) is 48.0 Å². The van der Waals surface area contributed by atoms with Crippen LogP contribution in [0.2, 0.25) is 0 Å². The second-order valence-electron chi connectivity index (χ2n) is 8.23. The van der Waals surface area contributed by atoms with Gasteiger partial charge in [-0.3, -0.25) is 14.8 Å². The Balaban J connectivity index is 1.18. The molecule has 2 aliphatic heterocycles. The molecule has 4 heterocycles. The van der Waals surface area contributed by atoms with Crippen molar-refractivity contribution < 1.29 is 14.3 Å². The lowest BCUT2D eigenvalue weighted by molar-refractivity contribution is -0.128. The molecule has 29 heavy (non-hydrogen) atoms. The zero-order chi connectivity index (χ0) is 19.8. The number of fused-ring (bicyclic) bond motifs is 2. The van der Waals surface area contributed by atoms with Gasteiger partial charge in [-0.25, -0.2) is 4.79 Å². The molecule has 1 N–H and O–H groups in total. The van der Waals surface area contributed by atoms with Crippen molar-refractivity contribution in [2.45, 2.75) is 43.7 Å². The first kappa shape index (κ1) is 18.1. The highest BCUT2D eigenvalue weighted by Gasteiger charge is 2.48. The fourth-order valence-corrected chi connectivity index (χ4v) is 4.93. The maximum absolute atomic E-state index is 12.9. The van der Waals surface area contributed by atoms with E-state index >= 15 is 0 Å². The van der Waals surface area contributed by atoms with Crippen LogP contribution in [0, 0.1) is 5.92 Å². The number of amides is 1. The first-order valence-electron chi connectivity index (χ1n) is 10.3. The number of nitrogens with one attached hydrogen (secondary N) is 1. The first-order chi connectivity index (χ1) is 14.1. The third-order valence-electron chi connectivity index (χ3n) is 6.53. The predicted octanol–water partition coefficient (Wildman–Crippen LogP) is 2.43. The monoisotopic (exact) mass is 392 g/mol. The molecule has 1 saturated heterocycles. The van der Waals surface area contributed by atoms with Gasteiger partial charge in [0.2, 0.25) is 5.91 Å². The number of rotatable bonds is 3. The van der Waals surface area contributed by atoms with Gasteiger partial charge in [-0.15, -0.1) is 0 Å². The van der Waals surface area contributed by atoms with E-state index in [-0.39, 0.29) is 23.8 Å². The quantitative estimate of drug-likeness (QED) is 0.808. The Labute approximate surface area is 169 Å². The van der Waals surface area contributed by atoms with Crippen LogP contribution < -0.4 is 10.2 Å². The van der Waals surface area contributed by atoms with Crippen molar-refractivity contribution in [3.63, 3.8) is 0 Å². The smallest absolute Gasteiger partial charge is 0.341 e. The molecule has 1 saturated carbocycles. The van der Waals surface area contributed by atoms with Crippen molar-refractivity contribution in [3.8, 4) is 0 Å². The van der Waals surface area contributed by atoms with E-state index in [2.05, 4.69) is 20.2 Å². The maximum Gasteiger partial charge on any atom is 0.341 e. The van der Waals surface area contributed by atoms with Crippen LogP contribution in [-0.4, -0.2) is 41.0 Å². The summed E-state index contributed by atoms with van der Waals surface area (Å²) < 4.78 is 5.76. The molecule has 1 atom stereocenters. The van der Waals surface area contributed by atoms with E-state index in [1.807, 2.05) is 24.4 Å². The van der Waals surface area contributed by atoms with E-state index in [9.17, 15) is 9.59 Å². The van der Waals surface area contributed by atoms with Gasteiger partial charge in [0.25, 0.3) is 0 Å². The highest BCUT2D eigenvalue weighted by atomic mass is 16.6. The molecule has 2 aromatic heterocycles. The summed E-state index contributed by atoms with van der Waals surface area (Å²) >= 11 is 0. The Kier molecular flexibility index (Phi) is 4.45. The van der Waals surface area contributed by atoms with Crippen molar-refractivity contribution >= 4 is 17.6 Å². The van der Waals surface area contributed by atoms with E-state index in [0.717, 1.165) is 43.6 Å². The molecule has 0 aromatic carbocycles. The Morgan fingerprint density at radius 1 is 1.14 bits per heavy atom. The number of hydrogen-bond acceptors (Lipinski definition) is 6. The highest BCUT2D eigenvalue weighted by Crippen LogP contribution is 2.47. The third kappa shape index (κ3) is 3.24. The minimum absolute atomic E-state index is 0.0299. The number of nitrogens with zero attached hydrogens (tertiary/aromatic N) is 3. The van der Waals surface area contributed by atoms with Gasteiger partial charge in [0.05, 0.1) is 17.4 Å². The Morgan fingerprint density at radius 3 is 2.76 bits per heavy atom. The summed E-state index contributed by atoms with van der Waals surface area (Å²) in [4.78, 5) is 35.5. The minimum atomic E-state index is -0.573. The number of carbonyl (C=O) groups is 2. The van der Waals surface area contributed by atoms with E-state index in [1.54, 1.807) is 18.6 Å². The number of carbonyl (C=O) groups excluding carboxylic acids is 2. The fourth-order valence-electron chi connectivity index (χ4n) is 4.93. The van der Waals surface area contributed by atoms with Crippen molar-refractivity contribution in [1.82, 2.24) is 15.3 Å². The molecule has 3 aliphatic rings. The molecule has 7 nitrogen and oxygen atoms in total. The zero-order valence-electron chi connectivity index (χ0n) is 16.2. The highest BCUT2D eigenvalue weighted by molar-refractivity contribution is 5.94. The van der Waals surface area contributed by atoms with Gasteiger partial charge in [0, 0.05) is 49.2 Å². The summed E-state index contributed by atoms with van der Waals surface area (Å²) in [6.45, 7) is 1.73. The van der Waals surface area contributed by atoms with Gasteiger partial charge < -0.3 is 15.0 Å². The van der Waals surface area contributed by atoms with Gasteiger partial charge >= 0.3 is 5.97 Å². The SMILES string of the molecule is O=C1OC2(CCC(C(=O)N[C@H]3CCN(c4cccnc4)C3)CC2)c2ccncc21. The third-order valence-corrected chi connectivity index (χ3v) is 6.53.